The zero-order chi connectivity index (χ0) is 19.6. The molecular weight excluding hydrogens is 353 g/mol. The van der Waals surface area contributed by atoms with Gasteiger partial charge in [-0.05, 0) is 55.3 Å². The highest BCUT2D eigenvalue weighted by atomic mass is 19.1. The monoisotopic (exact) mass is 373 g/mol. The van der Waals surface area contributed by atoms with Crippen LogP contribution in [-0.2, 0) is 20.7 Å². The summed E-state index contributed by atoms with van der Waals surface area (Å²) < 4.78 is 23.1. The largest absolute Gasteiger partial charge is 0.482 e. The van der Waals surface area contributed by atoms with Crippen LogP contribution >= 0.6 is 0 Å². The van der Waals surface area contributed by atoms with Crippen LogP contribution in [0, 0.1) is 5.82 Å². The fraction of sp³-hybridized carbons (Fsp3) is 0.250. The summed E-state index contributed by atoms with van der Waals surface area (Å²) in [6.45, 7) is 1.45. The van der Waals surface area contributed by atoms with Crippen molar-refractivity contribution in [3.05, 3.63) is 65.5 Å². The van der Waals surface area contributed by atoms with Gasteiger partial charge in [0.2, 0.25) is 0 Å². The third-order valence-corrected chi connectivity index (χ3v) is 3.68. The lowest BCUT2D eigenvalue weighted by Crippen LogP contribution is -2.37. The third-order valence-electron chi connectivity index (χ3n) is 3.68. The molecule has 142 valence electrons. The Kier molecular flexibility index (Phi) is 7.49. The fourth-order valence-electron chi connectivity index (χ4n) is 2.19. The summed E-state index contributed by atoms with van der Waals surface area (Å²) in [5, 5.41) is 2.65. The van der Waals surface area contributed by atoms with E-state index in [9.17, 15) is 18.8 Å². The topological polar surface area (TPSA) is 81.7 Å². The molecule has 7 heteroatoms. The molecule has 1 N–H and O–H groups in total. The maximum atomic E-state index is 12.8. The Bertz CT molecular complexity index is 774. The average Bonchev–Trinajstić information content (AvgIpc) is 2.68. The average molecular weight is 373 g/mol. The number of ether oxygens (including phenoxy) is 2. The molecule has 0 unspecified atom stereocenters. The lowest BCUT2D eigenvalue weighted by molar-refractivity contribution is -0.156. The second-order valence-electron chi connectivity index (χ2n) is 5.78. The predicted octanol–water partition coefficient (Wildman–Crippen LogP) is 2.31. The molecule has 2 aromatic rings. The van der Waals surface area contributed by atoms with Gasteiger partial charge in [0.15, 0.2) is 12.7 Å². The van der Waals surface area contributed by atoms with Gasteiger partial charge in [-0.2, -0.15) is 0 Å². The van der Waals surface area contributed by atoms with E-state index >= 15 is 0 Å². The normalized spacial score (nSPS) is 11.3. The second kappa shape index (κ2) is 10.1. The molecule has 0 bridgehead atoms. The van der Waals surface area contributed by atoms with Crippen molar-refractivity contribution in [2.24, 2.45) is 0 Å². The van der Waals surface area contributed by atoms with Crippen LogP contribution in [0.25, 0.3) is 0 Å². The van der Waals surface area contributed by atoms with E-state index < -0.39 is 18.0 Å². The number of benzene rings is 2. The molecule has 1 amide bonds. The standard InChI is InChI=1S/C20H20FNO5/c1-14(20(25)22-11-10-15-2-6-17(21)7-3-15)27-19(24)13-26-18-8-4-16(12-23)5-9-18/h2-9,12,14H,10-11,13H2,1H3,(H,22,25)/t14-/m1/s1. The first-order valence-corrected chi connectivity index (χ1v) is 8.37. The van der Waals surface area contributed by atoms with Crippen molar-refractivity contribution in [2.45, 2.75) is 19.4 Å². The Balaban J connectivity index is 1.68. The summed E-state index contributed by atoms with van der Waals surface area (Å²) in [5.41, 5.74) is 1.38. The van der Waals surface area contributed by atoms with E-state index in [1.54, 1.807) is 36.4 Å². The fourth-order valence-corrected chi connectivity index (χ4v) is 2.19. The lowest BCUT2D eigenvalue weighted by atomic mass is 10.1. The number of amides is 1. The highest BCUT2D eigenvalue weighted by Crippen LogP contribution is 2.11. The smallest absolute Gasteiger partial charge is 0.344 e. The Morgan fingerprint density at radius 3 is 2.41 bits per heavy atom. The summed E-state index contributed by atoms with van der Waals surface area (Å²) >= 11 is 0. The number of esters is 1. The first-order chi connectivity index (χ1) is 13.0. The molecule has 0 spiro atoms. The van der Waals surface area contributed by atoms with Crippen LogP contribution in [0.2, 0.25) is 0 Å². The summed E-state index contributed by atoms with van der Waals surface area (Å²) in [7, 11) is 0. The molecule has 0 fully saturated rings. The van der Waals surface area contributed by atoms with Crippen LogP contribution < -0.4 is 10.1 Å². The van der Waals surface area contributed by atoms with Gasteiger partial charge in [-0.25, -0.2) is 9.18 Å². The lowest BCUT2D eigenvalue weighted by Gasteiger charge is -2.14. The Labute approximate surface area is 156 Å². The predicted molar refractivity (Wildman–Crippen MR) is 96.0 cm³/mol. The summed E-state index contributed by atoms with van der Waals surface area (Å²) in [5.74, 6) is -1.02. The van der Waals surface area contributed by atoms with Gasteiger partial charge in [0.1, 0.15) is 17.9 Å². The van der Waals surface area contributed by atoms with E-state index in [-0.39, 0.29) is 12.4 Å². The number of carbonyl (C=O) groups excluding carboxylic acids is 3. The number of hydrogen-bond acceptors (Lipinski definition) is 5. The number of halogens is 1. The first kappa shape index (κ1) is 20.1. The van der Waals surface area contributed by atoms with Crippen molar-refractivity contribution in [1.82, 2.24) is 5.32 Å². The molecule has 27 heavy (non-hydrogen) atoms. The minimum absolute atomic E-state index is 0.315. The van der Waals surface area contributed by atoms with Gasteiger partial charge >= 0.3 is 5.97 Å². The van der Waals surface area contributed by atoms with Gasteiger partial charge in [0.25, 0.3) is 5.91 Å². The second-order valence-corrected chi connectivity index (χ2v) is 5.78. The van der Waals surface area contributed by atoms with Crippen LogP contribution in [0.1, 0.15) is 22.8 Å². The molecule has 0 saturated carbocycles. The molecule has 0 aliphatic carbocycles. The first-order valence-electron chi connectivity index (χ1n) is 8.37. The minimum atomic E-state index is -0.966. The zero-order valence-corrected chi connectivity index (χ0v) is 14.8. The molecule has 0 saturated heterocycles. The van der Waals surface area contributed by atoms with Crippen molar-refractivity contribution in [3.8, 4) is 5.75 Å². The molecule has 0 aliphatic rings. The number of hydrogen-bond donors (Lipinski definition) is 1. The maximum absolute atomic E-state index is 12.8. The number of rotatable bonds is 9. The van der Waals surface area contributed by atoms with E-state index in [4.69, 9.17) is 9.47 Å². The number of carbonyl (C=O) groups is 3. The van der Waals surface area contributed by atoms with E-state index in [0.29, 0.717) is 30.6 Å². The third kappa shape index (κ3) is 6.89. The Morgan fingerprint density at radius 2 is 1.78 bits per heavy atom. The van der Waals surface area contributed by atoms with Crippen LogP contribution in [0.5, 0.6) is 5.75 Å². The summed E-state index contributed by atoms with van der Waals surface area (Å²) in [6, 6.07) is 12.2. The van der Waals surface area contributed by atoms with Crippen LogP contribution in [0.15, 0.2) is 48.5 Å². The van der Waals surface area contributed by atoms with Gasteiger partial charge in [-0.15, -0.1) is 0 Å². The van der Waals surface area contributed by atoms with Crippen molar-refractivity contribution in [3.63, 3.8) is 0 Å². The van der Waals surface area contributed by atoms with Crippen molar-refractivity contribution in [2.75, 3.05) is 13.2 Å². The number of nitrogens with one attached hydrogen (secondary N) is 1. The Morgan fingerprint density at radius 1 is 1.11 bits per heavy atom. The zero-order valence-electron chi connectivity index (χ0n) is 14.8. The van der Waals surface area contributed by atoms with Gasteiger partial charge in [0.05, 0.1) is 0 Å². The van der Waals surface area contributed by atoms with Crippen LogP contribution in [0.3, 0.4) is 0 Å². The van der Waals surface area contributed by atoms with Gasteiger partial charge in [-0.3, -0.25) is 9.59 Å². The molecule has 2 aromatic carbocycles. The Hall–Kier alpha value is -3.22. The van der Waals surface area contributed by atoms with E-state index in [1.165, 1.54) is 19.1 Å². The van der Waals surface area contributed by atoms with Gasteiger partial charge in [-0.1, -0.05) is 12.1 Å². The van der Waals surface area contributed by atoms with Crippen molar-refractivity contribution < 1.29 is 28.2 Å². The van der Waals surface area contributed by atoms with E-state index in [2.05, 4.69) is 5.32 Å². The highest BCUT2D eigenvalue weighted by Gasteiger charge is 2.17. The minimum Gasteiger partial charge on any atom is -0.482 e. The quantitative estimate of drug-likeness (QED) is 0.539. The molecule has 2 rings (SSSR count). The van der Waals surface area contributed by atoms with Gasteiger partial charge < -0.3 is 14.8 Å². The summed E-state index contributed by atoms with van der Waals surface area (Å²) in [4.78, 5) is 34.3. The molecular formula is C20H20FNO5. The molecule has 6 nitrogen and oxygen atoms in total. The molecule has 0 aromatic heterocycles. The molecule has 0 heterocycles. The van der Waals surface area contributed by atoms with Crippen molar-refractivity contribution >= 4 is 18.2 Å². The maximum Gasteiger partial charge on any atom is 0.344 e. The SMILES string of the molecule is C[C@@H](OC(=O)COc1ccc(C=O)cc1)C(=O)NCCc1ccc(F)cc1. The summed E-state index contributed by atoms with van der Waals surface area (Å²) in [6.07, 6.45) is 0.271. The van der Waals surface area contributed by atoms with E-state index in [1.807, 2.05) is 0 Å². The molecule has 1 atom stereocenters. The number of aldehydes is 1. The van der Waals surface area contributed by atoms with Gasteiger partial charge in [0, 0.05) is 12.1 Å². The highest BCUT2D eigenvalue weighted by molar-refractivity contribution is 5.83. The van der Waals surface area contributed by atoms with Crippen LogP contribution in [-0.4, -0.2) is 37.4 Å². The van der Waals surface area contributed by atoms with E-state index in [0.717, 1.165) is 5.56 Å². The molecule has 0 aliphatic heterocycles. The van der Waals surface area contributed by atoms with Crippen LogP contribution in [0.4, 0.5) is 4.39 Å². The van der Waals surface area contributed by atoms with Crippen molar-refractivity contribution in [1.29, 1.82) is 0 Å². The molecule has 0 radical (unpaired) electrons.